The van der Waals surface area contributed by atoms with Crippen LogP contribution in [0.1, 0.15) is 57.8 Å². The third kappa shape index (κ3) is 4.31. The Morgan fingerprint density at radius 3 is 2.77 bits per heavy atom. The highest BCUT2D eigenvalue weighted by Crippen LogP contribution is 2.30. The molecule has 1 aliphatic rings. The van der Waals surface area contributed by atoms with Crippen molar-refractivity contribution in [1.82, 2.24) is 14.9 Å². The summed E-state index contributed by atoms with van der Waals surface area (Å²) >= 11 is 1.14. The number of ether oxygens (including phenoxy) is 1. The van der Waals surface area contributed by atoms with E-state index >= 15 is 0 Å². The predicted molar refractivity (Wildman–Crippen MR) is 122 cm³/mol. The summed E-state index contributed by atoms with van der Waals surface area (Å²) in [4.78, 5) is 37.7. The van der Waals surface area contributed by atoms with Crippen molar-refractivity contribution in [1.29, 1.82) is 0 Å². The summed E-state index contributed by atoms with van der Waals surface area (Å²) in [6, 6.07) is 7.72. The molecule has 0 saturated carbocycles. The van der Waals surface area contributed by atoms with Crippen LogP contribution < -0.4 is 5.32 Å². The number of nitrogens with one attached hydrogen (secondary N) is 1. The summed E-state index contributed by atoms with van der Waals surface area (Å²) in [5, 5.41) is 4.13. The van der Waals surface area contributed by atoms with Crippen LogP contribution in [0.4, 0.5) is 5.13 Å². The molecule has 1 N–H and O–H groups in total. The number of hydrogen-bond acceptors (Lipinski definition) is 7. The molecule has 1 aliphatic heterocycles. The van der Waals surface area contributed by atoms with Gasteiger partial charge >= 0.3 is 5.97 Å². The summed E-state index contributed by atoms with van der Waals surface area (Å²) in [6.07, 6.45) is 0.596. The van der Waals surface area contributed by atoms with Gasteiger partial charge in [0.15, 0.2) is 5.13 Å². The van der Waals surface area contributed by atoms with Crippen molar-refractivity contribution in [2.24, 2.45) is 0 Å². The second-order valence-electron chi connectivity index (χ2n) is 7.89. The van der Waals surface area contributed by atoms with Crippen LogP contribution in [0, 0.1) is 6.92 Å². The monoisotopic (exact) mass is 438 g/mol. The highest BCUT2D eigenvalue weighted by Gasteiger charge is 2.26. The molecule has 0 aliphatic carbocycles. The predicted octanol–water partition coefficient (Wildman–Crippen LogP) is 4.20. The fourth-order valence-electron chi connectivity index (χ4n) is 3.84. The zero-order valence-corrected chi connectivity index (χ0v) is 19.0. The molecule has 0 fully saturated rings. The number of nitrogens with zero attached hydrogens (tertiary/aromatic N) is 3. The van der Waals surface area contributed by atoms with Crippen LogP contribution in [-0.4, -0.2) is 45.9 Å². The number of hydrogen-bond donors (Lipinski definition) is 1. The standard InChI is InChI=1S/C23H26N4O3S/c1-5-27-11-10-18-16(12-27)19(15-8-6-7-9-17(15)25-18)21(28)26-23-24-14(4)20(31-23)22(29)30-13(2)3/h6-9,13H,5,10-12H2,1-4H3,(H,24,26,28). The minimum Gasteiger partial charge on any atom is -0.459 e. The zero-order valence-electron chi connectivity index (χ0n) is 18.2. The third-order valence-electron chi connectivity index (χ3n) is 5.34. The van der Waals surface area contributed by atoms with Crippen molar-refractivity contribution in [3.63, 3.8) is 0 Å². The summed E-state index contributed by atoms with van der Waals surface area (Å²) < 4.78 is 5.28. The lowest BCUT2D eigenvalue weighted by atomic mass is 9.95. The van der Waals surface area contributed by atoms with Crippen LogP contribution in [0.15, 0.2) is 24.3 Å². The molecule has 162 valence electrons. The van der Waals surface area contributed by atoms with Crippen LogP contribution in [0.3, 0.4) is 0 Å². The number of carbonyl (C=O) groups excluding carboxylic acids is 2. The van der Waals surface area contributed by atoms with E-state index in [1.165, 1.54) is 0 Å². The van der Waals surface area contributed by atoms with Crippen molar-refractivity contribution >= 4 is 39.2 Å². The van der Waals surface area contributed by atoms with Gasteiger partial charge in [-0.2, -0.15) is 0 Å². The van der Waals surface area contributed by atoms with E-state index in [0.29, 0.717) is 27.8 Å². The first-order valence-corrected chi connectivity index (χ1v) is 11.3. The van der Waals surface area contributed by atoms with Gasteiger partial charge in [-0.05, 0) is 33.4 Å². The molecular formula is C23H26N4O3S. The molecule has 3 heterocycles. The van der Waals surface area contributed by atoms with Gasteiger partial charge in [-0.3, -0.25) is 20.0 Å². The Balaban J connectivity index is 1.71. The van der Waals surface area contributed by atoms with Gasteiger partial charge in [-0.1, -0.05) is 36.5 Å². The zero-order chi connectivity index (χ0) is 22.1. The smallest absolute Gasteiger partial charge is 0.350 e. The van der Waals surface area contributed by atoms with Gasteiger partial charge in [-0.15, -0.1) is 0 Å². The summed E-state index contributed by atoms with van der Waals surface area (Å²) in [5.41, 5.74) is 3.94. The maximum absolute atomic E-state index is 13.5. The van der Waals surface area contributed by atoms with E-state index in [9.17, 15) is 9.59 Å². The molecule has 1 amide bonds. The Morgan fingerprint density at radius 2 is 2.03 bits per heavy atom. The summed E-state index contributed by atoms with van der Waals surface area (Å²) in [6.45, 7) is 10.0. The van der Waals surface area contributed by atoms with Gasteiger partial charge < -0.3 is 4.74 Å². The Morgan fingerprint density at radius 1 is 1.26 bits per heavy atom. The van der Waals surface area contributed by atoms with Crippen molar-refractivity contribution in [2.45, 2.75) is 46.8 Å². The lowest BCUT2D eigenvalue weighted by Gasteiger charge is -2.29. The highest BCUT2D eigenvalue weighted by atomic mass is 32.1. The van der Waals surface area contributed by atoms with Crippen LogP contribution in [0.5, 0.6) is 0 Å². The van der Waals surface area contributed by atoms with Crippen molar-refractivity contribution in [3.05, 3.63) is 51.7 Å². The number of fused-ring (bicyclic) bond motifs is 2. The van der Waals surface area contributed by atoms with Crippen molar-refractivity contribution in [3.8, 4) is 0 Å². The Kier molecular flexibility index (Phi) is 6.02. The molecule has 1 aromatic carbocycles. The minimum absolute atomic E-state index is 0.219. The molecule has 0 saturated heterocycles. The van der Waals surface area contributed by atoms with Crippen LogP contribution in [-0.2, 0) is 17.7 Å². The summed E-state index contributed by atoms with van der Waals surface area (Å²) in [7, 11) is 0. The minimum atomic E-state index is -0.421. The first-order chi connectivity index (χ1) is 14.9. The van der Waals surface area contributed by atoms with Gasteiger partial charge in [0.2, 0.25) is 0 Å². The maximum atomic E-state index is 13.5. The van der Waals surface area contributed by atoms with Crippen molar-refractivity contribution in [2.75, 3.05) is 18.4 Å². The number of likely N-dealkylation sites (N-methyl/N-ethyl adjacent to an activating group) is 1. The summed E-state index contributed by atoms with van der Waals surface area (Å²) in [5.74, 6) is -0.652. The fraction of sp³-hybridized carbons (Fsp3) is 0.391. The molecule has 3 aromatic rings. The largest absolute Gasteiger partial charge is 0.459 e. The highest BCUT2D eigenvalue weighted by molar-refractivity contribution is 7.17. The molecule has 4 rings (SSSR count). The average molecular weight is 439 g/mol. The average Bonchev–Trinajstić information content (AvgIpc) is 3.11. The second kappa shape index (κ2) is 8.72. The molecule has 31 heavy (non-hydrogen) atoms. The lowest BCUT2D eigenvalue weighted by molar-refractivity contribution is 0.0382. The fourth-order valence-corrected chi connectivity index (χ4v) is 4.69. The van der Waals surface area contributed by atoms with E-state index < -0.39 is 5.97 Å². The van der Waals surface area contributed by atoms with Gasteiger partial charge in [0, 0.05) is 36.2 Å². The number of anilines is 1. The van der Waals surface area contributed by atoms with E-state index in [-0.39, 0.29) is 12.0 Å². The number of pyridine rings is 1. The maximum Gasteiger partial charge on any atom is 0.350 e. The molecule has 0 radical (unpaired) electrons. The Bertz CT molecular complexity index is 1160. The molecule has 7 nitrogen and oxygen atoms in total. The van der Waals surface area contributed by atoms with E-state index in [0.717, 1.165) is 53.0 Å². The molecule has 0 spiro atoms. The molecule has 0 bridgehead atoms. The molecule has 0 atom stereocenters. The van der Waals surface area contributed by atoms with E-state index in [1.54, 1.807) is 20.8 Å². The van der Waals surface area contributed by atoms with Gasteiger partial charge in [0.1, 0.15) is 4.88 Å². The van der Waals surface area contributed by atoms with E-state index in [1.807, 2.05) is 24.3 Å². The first kappa shape index (κ1) is 21.4. The Hall–Kier alpha value is -2.84. The second-order valence-corrected chi connectivity index (χ2v) is 8.89. The van der Waals surface area contributed by atoms with E-state index in [4.69, 9.17) is 9.72 Å². The number of amides is 1. The van der Waals surface area contributed by atoms with Crippen LogP contribution in [0.25, 0.3) is 10.9 Å². The molecular weight excluding hydrogens is 412 g/mol. The number of esters is 1. The number of rotatable bonds is 5. The lowest BCUT2D eigenvalue weighted by Crippen LogP contribution is -2.33. The molecule has 8 heteroatoms. The number of aryl methyl sites for hydroxylation is 1. The third-order valence-corrected chi connectivity index (χ3v) is 6.40. The van der Waals surface area contributed by atoms with Gasteiger partial charge in [-0.25, -0.2) is 9.78 Å². The van der Waals surface area contributed by atoms with E-state index in [2.05, 4.69) is 22.1 Å². The normalized spacial score (nSPS) is 14.0. The molecule has 0 unspecified atom stereocenters. The number of para-hydroxylation sites is 1. The van der Waals surface area contributed by atoms with Crippen molar-refractivity contribution < 1.29 is 14.3 Å². The number of thiazole rings is 1. The van der Waals surface area contributed by atoms with Crippen LogP contribution >= 0.6 is 11.3 Å². The van der Waals surface area contributed by atoms with Crippen LogP contribution in [0.2, 0.25) is 0 Å². The number of aromatic nitrogens is 2. The molecule has 2 aromatic heterocycles. The Labute approximate surface area is 185 Å². The van der Waals surface area contributed by atoms with Gasteiger partial charge in [0.05, 0.1) is 22.9 Å². The topological polar surface area (TPSA) is 84.4 Å². The first-order valence-electron chi connectivity index (χ1n) is 10.5. The number of carbonyl (C=O) groups is 2. The quantitative estimate of drug-likeness (QED) is 0.601. The SMILES string of the molecule is CCN1CCc2nc3ccccc3c(C(=O)Nc3nc(C)c(C(=O)OC(C)C)s3)c2C1. The van der Waals surface area contributed by atoms with Gasteiger partial charge in [0.25, 0.3) is 5.91 Å². The number of benzene rings is 1.